The van der Waals surface area contributed by atoms with Gasteiger partial charge in [-0.1, -0.05) is 0 Å². The first kappa shape index (κ1) is 18.1. The summed E-state index contributed by atoms with van der Waals surface area (Å²) >= 11 is 0. The number of nitrogens with one attached hydrogen (secondary N) is 1. The Morgan fingerprint density at radius 1 is 0.600 bits per heavy atom. The molecule has 0 aromatic carbocycles. The van der Waals surface area contributed by atoms with Crippen LogP contribution in [0, 0.1) is 0 Å². The van der Waals surface area contributed by atoms with Crippen LogP contribution in [0.3, 0.4) is 0 Å². The summed E-state index contributed by atoms with van der Waals surface area (Å²) in [5.41, 5.74) is 25.9. The maximum atomic E-state index is 9.62. The largest absolute Gasteiger partial charge is 0.352 e. The molecule has 0 saturated heterocycles. The highest BCUT2D eigenvalue weighted by Gasteiger charge is 1.92. The Morgan fingerprint density at radius 2 is 0.733 bits per heavy atom. The van der Waals surface area contributed by atoms with Crippen molar-refractivity contribution in [2.45, 2.75) is 0 Å². The van der Waals surface area contributed by atoms with Crippen molar-refractivity contribution in [2.24, 2.45) is 34.4 Å². The molecule has 0 atom stereocenters. The summed E-state index contributed by atoms with van der Waals surface area (Å²) in [7, 11) is 0. The van der Waals surface area contributed by atoms with Gasteiger partial charge in [0.25, 0.3) is 0 Å². The van der Waals surface area contributed by atoms with Crippen LogP contribution < -0.4 is 39.7 Å². The van der Waals surface area contributed by atoms with Crippen molar-refractivity contribution in [3.8, 4) is 0 Å². The molecule has 0 unspecified atom stereocenters. The molecule has 0 aliphatic heterocycles. The molecule has 15 heavy (non-hydrogen) atoms. The average Bonchev–Trinajstić information content (AvgIpc) is 1.78. The average molecular weight is 223 g/mol. The maximum absolute atomic E-state index is 9.62. The third-order valence-electron chi connectivity index (χ3n) is 0.246. The number of hydrogen-bond acceptors (Lipinski definition) is 4. The Hall–Kier alpha value is -2.72. The molecule has 8 amide bonds. The number of hydrogen-bond donors (Lipinski definition) is 7. The molecule has 0 fully saturated rings. The minimum absolute atomic E-state index is 0.833. The van der Waals surface area contributed by atoms with Gasteiger partial charge in [0, 0.05) is 0 Å². The van der Waals surface area contributed by atoms with Gasteiger partial charge in [0.1, 0.15) is 0 Å². The monoisotopic (exact) mass is 223 g/mol. The van der Waals surface area contributed by atoms with Gasteiger partial charge in [0.2, 0.25) is 0 Å². The number of urea groups is 4. The molecule has 0 aliphatic carbocycles. The highest BCUT2D eigenvalue weighted by atomic mass is 16.2. The molecule has 0 aliphatic rings. The molecule has 0 rings (SSSR count). The van der Waals surface area contributed by atoms with E-state index in [0.29, 0.717) is 0 Å². The van der Waals surface area contributed by atoms with E-state index < -0.39 is 24.1 Å². The van der Waals surface area contributed by atoms with Crippen molar-refractivity contribution in [3.63, 3.8) is 0 Å². The van der Waals surface area contributed by atoms with Gasteiger partial charge in [-0.15, -0.1) is 0 Å². The number of rotatable bonds is 0. The zero-order valence-corrected chi connectivity index (χ0v) is 7.60. The first-order valence-corrected chi connectivity index (χ1v) is 3.05. The normalized spacial score (nSPS) is 6.67. The molecular formula is C4H13N7O4. The van der Waals surface area contributed by atoms with Gasteiger partial charge in [-0.3, -0.25) is 5.32 Å². The van der Waals surface area contributed by atoms with Crippen LogP contribution in [0.5, 0.6) is 0 Å². The molecule has 0 heterocycles. The molecule has 0 radical (unpaired) electrons. The Balaban J connectivity index is -0.000000155. The van der Waals surface area contributed by atoms with Gasteiger partial charge in [-0.25, -0.2) is 19.2 Å². The van der Waals surface area contributed by atoms with Crippen molar-refractivity contribution in [3.05, 3.63) is 0 Å². The van der Waals surface area contributed by atoms with Crippen molar-refractivity contribution >= 4 is 24.1 Å². The van der Waals surface area contributed by atoms with E-state index in [1.54, 1.807) is 5.32 Å². The number of imide groups is 1. The second-order valence-corrected chi connectivity index (χ2v) is 1.66. The van der Waals surface area contributed by atoms with Crippen LogP contribution in [0.4, 0.5) is 19.2 Å². The van der Waals surface area contributed by atoms with E-state index in [2.05, 4.69) is 34.4 Å². The van der Waals surface area contributed by atoms with Crippen LogP contribution in [-0.2, 0) is 0 Å². The summed E-state index contributed by atoms with van der Waals surface area (Å²) < 4.78 is 0. The second kappa shape index (κ2) is 11.3. The minimum Gasteiger partial charge on any atom is -0.352 e. The van der Waals surface area contributed by atoms with Crippen LogP contribution in [0.2, 0.25) is 0 Å². The lowest BCUT2D eigenvalue weighted by molar-refractivity contribution is 0.236. The predicted molar refractivity (Wildman–Crippen MR) is 49.8 cm³/mol. The van der Waals surface area contributed by atoms with Gasteiger partial charge >= 0.3 is 24.1 Å². The Kier molecular flexibility index (Phi) is 13.6. The summed E-state index contributed by atoms with van der Waals surface area (Å²) in [5.74, 6) is 0. The van der Waals surface area contributed by atoms with Crippen molar-refractivity contribution in [1.29, 1.82) is 0 Å². The molecular weight excluding hydrogens is 210 g/mol. The van der Waals surface area contributed by atoms with Crippen molar-refractivity contribution < 1.29 is 19.2 Å². The van der Waals surface area contributed by atoms with Gasteiger partial charge in [0.15, 0.2) is 0 Å². The quantitative estimate of drug-likeness (QED) is 0.224. The molecule has 0 bridgehead atoms. The Bertz CT molecular complexity index is 207. The molecule has 0 aromatic rings. The maximum Gasteiger partial charge on any atom is 0.320 e. The molecule has 11 heteroatoms. The molecule has 11 nitrogen and oxygen atoms in total. The van der Waals surface area contributed by atoms with Crippen LogP contribution in [0.15, 0.2) is 0 Å². The Morgan fingerprint density at radius 3 is 0.733 bits per heavy atom. The van der Waals surface area contributed by atoms with E-state index >= 15 is 0 Å². The molecule has 13 N–H and O–H groups in total. The standard InChI is InChI=1S/C2H5N3O2.2CH4N2O/c3-1(6)5-2(4)7;2*2-1(3)4/h(H5,3,4,5,6,7);2*(H4,2,3,4). The number of primary amides is 6. The highest BCUT2D eigenvalue weighted by Crippen LogP contribution is 1.51. The fourth-order valence-electron chi connectivity index (χ4n) is 0.121. The van der Waals surface area contributed by atoms with Crippen molar-refractivity contribution in [2.75, 3.05) is 0 Å². The summed E-state index contributed by atoms with van der Waals surface area (Å²) in [6.07, 6.45) is 0. The van der Waals surface area contributed by atoms with E-state index in [-0.39, 0.29) is 0 Å². The fourth-order valence-corrected chi connectivity index (χ4v) is 0.121. The third kappa shape index (κ3) is 593. The number of carbonyl (C=O) groups is 4. The lowest BCUT2D eigenvalue weighted by Crippen LogP contribution is -2.38. The van der Waals surface area contributed by atoms with E-state index in [1.165, 1.54) is 0 Å². The summed E-state index contributed by atoms with van der Waals surface area (Å²) in [6, 6.07) is -3.54. The molecule has 0 saturated carbocycles. The first-order chi connectivity index (χ1) is 6.59. The SMILES string of the molecule is NC(=O)NC(N)=O.NC(N)=O.NC(N)=O. The summed E-state index contributed by atoms with van der Waals surface area (Å²) in [5, 5.41) is 1.58. The smallest absolute Gasteiger partial charge is 0.320 e. The lowest BCUT2D eigenvalue weighted by Gasteiger charge is -1.88. The van der Waals surface area contributed by atoms with Gasteiger partial charge < -0.3 is 34.4 Å². The number of amides is 8. The van der Waals surface area contributed by atoms with E-state index in [0.717, 1.165) is 0 Å². The van der Waals surface area contributed by atoms with E-state index in [9.17, 15) is 9.59 Å². The summed E-state index contributed by atoms with van der Waals surface area (Å²) in [6.45, 7) is 0. The zero-order chi connectivity index (χ0) is 13.0. The van der Waals surface area contributed by atoms with E-state index in [4.69, 9.17) is 9.59 Å². The van der Waals surface area contributed by atoms with Crippen LogP contribution in [0.25, 0.3) is 0 Å². The van der Waals surface area contributed by atoms with Crippen LogP contribution in [-0.4, -0.2) is 24.1 Å². The van der Waals surface area contributed by atoms with Crippen LogP contribution >= 0.6 is 0 Å². The summed E-state index contributed by atoms with van der Waals surface area (Å²) in [4.78, 5) is 37.2. The Labute approximate surface area is 84.1 Å². The minimum atomic E-state index is -0.938. The van der Waals surface area contributed by atoms with Crippen molar-refractivity contribution in [1.82, 2.24) is 5.32 Å². The molecule has 88 valence electrons. The van der Waals surface area contributed by atoms with Crippen LogP contribution in [0.1, 0.15) is 0 Å². The first-order valence-electron chi connectivity index (χ1n) is 3.05. The second-order valence-electron chi connectivity index (χ2n) is 1.66. The fraction of sp³-hybridized carbons (Fsp3) is 0. The topological polar surface area (TPSA) is 236 Å². The zero-order valence-electron chi connectivity index (χ0n) is 7.60. The predicted octanol–water partition coefficient (Wildman–Crippen LogP) is -3.22. The lowest BCUT2D eigenvalue weighted by atomic mass is 10.9. The highest BCUT2D eigenvalue weighted by molar-refractivity contribution is 5.91. The number of nitrogens with two attached hydrogens (primary N) is 6. The van der Waals surface area contributed by atoms with E-state index in [1.807, 2.05) is 0 Å². The number of carbonyl (C=O) groups excluding carboxylic acids is 4. The molecule has 0 aromatic heterocycles. The molecule has 0 spiro atoms. The van der Waals surface area contributed by atoms with Gasteiger partial charge in [-0.05, 0) is 0 Å². The van der Waals surface area contributed by atoms with Gasteiger partial charge in [0.05, 0.1) is 0 Å². The third-order valence-corrected chi connectivity index (χ3v) is 0.246. The van der Waals surface area contributed by atoms with Gasteiger partial charge in [-0.2, -0.15) is 0 Å².